The third kappa shape index (κ3) is 3.90. The summed E-state index contributed by atoms with van der Waals surface area (Å²) in [7, 11) is 0. The second kappa shape index (κ2) is 10.2. The topological polar surface area (TPSA) is 13.1 Å². The molecule has 1 nitrogen and oxygen atoms in total. The average Bonchev–Trinajstić information content (AvgIpc) is 3.54. The maximum absolute atomic E-state index is 6.63. The van der Waals surface area contributed by atoms with E-state index in [0.717, 1.165) is 27.3 Å². The molecule has 1 heteroatoms. The smallest absolute Gasteiger partial charge is 0.143 e. The molecule has 0 spiro atoms. The molecule has 0 radical (unpaired) electrons. The maximum Gasteiger partial charge on any atom is 0.143 e. The van der Waals surface area contributed by atoms with Gasteiger partial charge >= 0.3 is 0 Å². The van der Waals surface area contributed by atoms with Gasteiger partial charge in [0, 0.05) is 16.2 Å². The highest BCUT2D eigenvalue weighted by Crippen LogP contribution is 2.48. The SMILES string of the molecule is c1ccc(-c2ccc3c(-c4c5ccccc5c(-c5cccc6oc7c8ccccc8ccc7c56)c5ccccc45)cccc3c2)cc1. The Kier molecular flexibility index (Phi) is 5.64. The molecule has 1 aromatic heterocycles. The predicted molar refractivity (Wildman–Crippen MR) is 200 cm³/mol. The van der Waals surface area contributed by atoms with Crippen LogP contribution >= 0.6 is 0 Å². The van der Waals surface area contributed by atoms with Crippen LogP contribution in [-0.4, -0.2) is 0 Å². The van der Waals surface area contributed by atoms with Crippen molar-refractivity contribution < 1.29 is 4.42 Å². The van der Waals surface area contributed by atoms with Crippen LogP contribution in [0.25, 0.3) is 98.4 Å². The third-order valence-corrected chi connectivity index (χ3v) is 9.84. The molecule has 10 aromatic rings. The Labute approximate surface area is 271 Å². The van der Waals surface area contributed by atoms with E-state index in [1.165, 1.54) is 71.1 Å². The molecule has 0 aliphatic rings. The molecule has 0 aliphatic heterocycles. The Morgan fingerprint density at radius 1 is 0.319 bits per heavy atom. The lowest BCUT2D eigenvalue weighted by Gasteiger charge is -2.19. The third-order valence-electron chi connectivity index (χ3n) is 9.84. The van der Waals surface area contributed by atoms with Crippen LogP contribution in [0.5, 0.6) is 0 Å². The molecule has 0 atom stereocenters. The zero-order valence-electron chi connectivity index (χ0n) is 25.6. The van der Waals surface area contributed by atoms with Crippen molar-refractivity contribution in [3.8, 4) is 33.4 Å². The maximum atomic E-state index is 6.63. The van der Waals surface area contributed by atoms with Crippen LogP contribution in [0.15, 0.2) is 174 Å². The standard InChI is InChI=1S/C46H28O/c1-2-12-29(13-3-1)31-25-26-33-32(28-31)15-10-21-35(33)43-36-17-6-8-19-38(36)44(39-20-9-7-18-37(39)43)40-22-11-23-42-45(40)41-27-24-30-14-4-5-16-34(30)46(41)47-42/h1-28H. The quantitative estimate of drug-likeness (QED) is 0.185. The lowest BCUT2D eigenvalue weighted by atomic mass is 9.83. The largest absolute Gasteiger partial charge is 0.455 e. The first-order valence-electron chi connectivity index (χ1n) is 16.2. The molecule has 1 heterocycles. The van der Waals surface area contributed by atoms with E-state index in [1.807, 2.05) is 0 Å². The van der Waals surface area contributed by atoms with Crippen LogP contribution in [-0.2, 0) is 0 Å². The molecule has 9 aromatic carbocycles. The van der Waals surface area contributed by atoms with Crippen LogP contribution in [0.1, 0.15) is 0 Å². The Hall–Kier alpha value is -6.18. The van der Waals surface area contributed by atoms with Gasteiger partial charge in [0.15, 0.2) is 0 Å². The van der Waals surface area contributed by atoms with Gasteiger partial charge in [-0.25, -0.2) is 0 Å². The highest BCUT2D eigenvalue weighted by molar-refractivity contribution is 6.28. The molecule has 0 saturated heterocycles. The summed E-state index contributed by atoms with van der Waals surface area (Å²) in [4.78, 5) is 0. The minimum atomic E-state index is 0.911. The molecule has 0 amide bonds. The number of benzene rings is 9. The summed E-state index contributed by atoms with van der Waals surface area (Å²) in [6.45, 7) is 0. The van der Waals surface area contributed by atoms with Gasteiger partial charge < -0.3 is 4.42 Å². The summed E-state index contributed by atoms with van der Waals surface area (Å²) in [6.07, 6.45) is 0. The summed E-state index contributed by atoms with van der Waals surface area (Å²) in [6, 6.07) is 61.5. The first-order valence-corrected chi connectivity index (χ1v) is 16.2. The molecule has 0 N–H and O–H groups in total. The molecule has 10 rings (SSSR count). The number of hydrogen-bond acceptors (Lipinski definition) is 1. The zero-order chi connectivity index (χ0) is 30.9. The first kappa shape index (κ1) is 26.1. The van der Waals surface area contributed by atoms with E-state index in [-0.39, 0.29) is 0 Å². The van der Waals surface area contributed by atoms with Gasteiger partial charge in [-0.15, -0.1) is 0 Å². The van der Waals surface area contributed by atoms with Crippen molar-refractivity contribution in [3.05, 3.63) is 170 Å². The Bertz CT molecular complexity index is 2780. The molecular formula is C46H28O. The lowest BCUT2D eigenvalue weighted by molar-refractivity contribution is 0.673. The minimum Gasteiger partial charge on any atom is -0.455 e. The van der Waals surface area contributed by atoms with Crippen molar-refractivity contribution >= 4 is 65.0 Å². The molecular weight excluding hydrogens is 569 g/mol. The predicted octanol–water partition coefficient (Wildman–Crippen LogP) is 13.2. The summed E-state index contributed by atoms with van der Waals surface area (Å²) in [5.41, 5.74) is 9.28. The van der Waals surface area contributed by atoms with Gasteiger partial charge in [0.2, 0.25) is 0 Å². The second-order valence-corrected chi connectivity index (χ2v) is 12.4. The molecule has 0 bridgehead atoms. The van der Waals surface area contributed by atoms with Crippen molar-refractivity contribution in [1.29, 1.82) is 0 Å². The molecule has 218 valence electrons. The molecule has 0 aliphatic carbocycles. The molecule has 0 unspecified atom stereocenters. The summed E-state index contributed by atoms with van der Waals surface area (Å²) >= 11 is 0. The van der Waals surface area contributed by atoms with E-state index in [2.05, 4.69) is 170 Å². The normalized spacial score (nSPS) is 11.8. The van der Waals surface area contributed by atoms with Crippen molar-refractivity contribution in [2.75, 3.05) is 0 Å². The van der Waals surface area contributed by atoms with Gasteiger partial charge in [-0.2, -0.15) is 0 Å². The van der Waals surface area contributed by atoms with E-state index >= 15 is 0 Å². The Morgan fingerprint density at radius 2 is 0.894 bits per heavy atom. The summed E-state index contributed by atoms with van der Waals surface area (Å²) in [5.74, 6) is 0. The number of rotatable bonds is 3. The highest BCUT2D eigenvalue weighted by atomic mass is 16.3. The van der Waals surface area contributed by atoms with E-state index in [4.69, 9.17) is 4.42 Å². The highest BCUT2D eigenvalue weighted by Gasteiger charge is 2.21. The zero-order valence-corrected chi connectivity index (χ0v) is 25.6. The molecule has 47 heavy (non-hydrogen) atoms. The fourth-order valence-corrected chi connectivity index (χ4v) is 7.78. The van der Waals surface area contributed by atoms with Gasteiger partial charge in [-0.1, -0.05) is 152 Å². The van der Waals surface area contributed by atoms with Crippen molar-refractivity contribution in [1.82, 2.24) is 0 Å². The van der Waals surface area contributed by atoms with E-state index in [1.54, 1.807) is 0 Å². The Morgan fingerprint density at radius 3 is 1.64 bits per heavy atom. The molecule has 0 saturated carbocycles. The Balaban J connectivity index is 1.29. The monoisotopic (exact) mass is 596 g/mol. The minimum absolute atomic E-state index is 0.911. The van der Waals surface area contributed by atoms with Crippen LogP contribution in [0, 0.1) is 0 Å². The lowest BCUT2D eigenvalue weighted by Crippen LogP contribution is -1.92. The van der Waals surface area contributed by atoms with Crippen LogP contribution in [0.3, 0.4) is 0 Å². The number of fused-ring (bicyclic) bond motifs is 8. The van der Waals surface area contributed by atoms with E-state index < -0.39 is 0 Å². The van der Waals surface area contributed by atoms with Gasteiger partial charge in [0.1, 0.15) is 11.2 Å². The van der Waals surface area contributed by atoms with Gasteiger partial charge in [-0.05, 0) is 89.3 Å². The van der Waals surface area contributed by atoms with Crippen molar-refractivity contribution in [2.45, 2.75) is 0 Å². The van der Waals surface area contributed by atoms with Gasteiger partial charge in [0.25, 0.3) is 0 Å². The van der Waals surface area contributed by atoms with Gasteiger partial charge in [0.05, 0.1) is 0 Å². The number of furan rings is 1. The summed E-state index contributed by atoms with van der Waals surface area (Å²) in [5, 5.41) is 12.1. The first-order chi connectivity index (χ1) is 23.3. The fraction of sp³-hybridized carbons (Fsp3) is 0. The van der Waals surface area contributed by atoms with Crippen LogP contribution < -0.4 is 0 Å². The fourth-order valence-electron chi connectivity index (χ4n) is 7.78. The summed E-state index contributed by atoms with van der Waals surface area (Å²) < 4.78 is 6.63. The number of hydrogen-bond donors (Lipinski definition) is 0. The van der Waals surface area contributed by atoms with E-state index in [0.29, 0.717) is 0 Å². The van der Waals surface area contributed by atoms with Crippen LogP contribution in [0.4, 0.5) is 0 Å². The molecule has 0 fully saturated rings. The van der Waals surface area contributed by atoms with Crippen molar-refractivity contribution in [3.63, 3.8) is 0 Å². The second-order valence-electron chi connectivity index (χ2n) is 12.4. The van der Waals surface area contributed by atoms with Crippen molar-refractivity contribution in [2.24, 2.45) is 0 Å². The van der Waals surface area contributed by atoms with Crippen LogP contribution in [0.2, 0.25) is 0 Å². The van der Waals surface area contributed by atoms with Gasteiger partial charge in [-0.3, -0.25) is 0 Å². The average molecular weight is 597 g/mol. The van der Waals surface area contributed by atoms with E-state index in [9.17, 15) is 0 Å².